The number of carbonyl (C=O) groups is 2. The first kappa shape index (κ1) is 16.0. The summed E-state index contributed by atoms with van der Waals surface area (Å²) in [4.78, 5) is 23.6. The molecule has 0 bridgehead atoms. The van der Waals surface area contributed by atoms with E-state index in [2.05, 4.69) is 5.32 Å². The van der Waals surface area contributed by atoms with E-state index in [1.54, 1.807) is 0 Å². The Balaban J connectivity index is 2.73. The summed E-state index contributed by atoms with van der Waals surface area (Å²) in [5.41, 5.74) is 5.27. The minimum absolute atomic E-state index is 0.169. The zero-order valence-corrected chi connectivity index (χ0v) is 11.8. The summed E-state index contributed by atoms with van der Waals surface area (Å²) in [6, 6.07) is -0.788. The molecule has 0 heterocycles. The molecule has 1 saturated carbocycles. The Hall–Kier alpha value is -1.10. The highest BCUT2D eigenvalue weighted by Gasteiger charge is 2.38. The molecule has 4 N–H and O–H groups in total. The van der Waals surface area contributed by atoms with Gasteiger partial charge in [-0.05, 0) is 19.3 Å². The second kappa shape index (κ2) is 7.48. The number of aliphatic carboxylic acids is 1. The molecule has 0 radical (unpaired) electrons. The number of carbonyl (C=O) groups excluding carboxylic acids is 1. The van der Waals surface area contributed by atoms with Crippen LogP contribution in [-0.2, 0) is 9.59 Å². The zero-order chi connectivity index (χ0) is 14.3. The third-order valence-corrected chi connectivity index (χ3v) is 4.11. The van der Waals surface area contributed by atoms with Crippen LogP contribution in [0.25, 0.3) is 0 Å². The van der Waals surface area contributed by atoms with Crippen LogP contribution < -0.4 is 11.1 Å². The van der Waals surface area contributed by atoms with Gasteiger partial charge in [0.2, 0.25) is 5.91 Å². The van der Waals surface area contributed by atoms with Crippen molar-refractivity contribution < 1.29 is 14.7 Å². The van der Waals surface area contributed by atoms with E-state index in [1.807, 2.05) is 6.92 Å². The Morgan fingerprint density at radius 1 is 1.26 bits per heavy atom. The van der Waals surface area contributed by atoms with Crippen molar-refractivity contribution in [1.82, 2.24) is 5.32 Å². The molecule has 0 aliphatic heterocycles. The molecule has 110 valence electrons. The lowest BCUT2D eigenvalue weighted by Gasteiger charge is -2.31. The number of carboxylic acids is 1. The molecule has 1 aliphatic rings. The smallest absolute Gasteiger partial charge is 0.326 e. The second-order valence-electron chi connectivity index (χ2n) is 5.55. The maximum absolute atomic E-state index is 12.4. The van der Waals surface area contributed by atoms with Gasteiger partial charge in [0.05, 0.1) is 5.41 Å². The van der Waals surface area contributed by atoms with Crippen LogP contribution in [0.15, 0.2) is 0 Å². The predicted octanol–water partition coefficient (Wildman–Crippen LogP) is 1.66. The Kier molecular flexibility index (Phi) is 6.28. The molecular weight excluding hydrogens is 244 g/mol. The van der Waals surface area contributed by atoms with Crippen LogP contribution in [-0.4, -0.2) is 29.6 Å². The Labute approximate surface area is 114 Å². The number of nitrogens with one attached hydrogen (secondary N) is 1. The molecule has 1 aliphatic carbocycles. The third-order valence-electron chi connectivity index (χ3n) is 4.11. The Morgan fingerprint density at radius 3 is 2.26 bits per heavy atom. The van der Waals surface area contributed by atoms with E-state index in [9.17, 15) is 9.59 Å². The van der Waals surface area contributed by atoms with Crippen LogP contribution in [0.5, 0.6) is 0 Å². The molecule has 1 rings (SSSR count). The van der Waals surface area contributed by atoms with Gasteiger partial charge in [-0.2, -0.15) is 0 Å². The van der Waals surface area contributed by atoms with Gasteiger partial charge < -0.3 is 16.2 Å². The molecule has 5 heteroatoms. The van der Waals surface area contributed by atoms with E-state index < -0.39 is 17.4 Å². The first-order chi connectivity index (χ1) is 9.05. The fourth-order valence-electron chi connectivity index (χ4n) is 2.79. The average molecular weight is 270 g/mol. The van der Waals surface area contributed by atoms with Gasteiger partial charge in [0.1, 0.15) is 6.04 Å². The highest BCUT2D eigenvalue weighted by atomic mass is 16.4. The van der Waals surface area contributed by atoms with Gasteiger partial charge in [0, 0.05) is 6.54 Å². The van der Waals surface area contributed by atoms with Crippen molar-refractivity contribution in [3.05, 3.63) is 0 Å². The first-order valence-corrected chi connectivity index (χ1v) is 7.29. The van der Waals surface area contributed by atoms with Gasteiger partial charge in [-0.1, -0.05) is 39.0 Å². The van der Waals surface area contributed by atoms with Crippen LogP contribution in [0.1, 0.15) is 58.3 Å². The lowest BCUT2D eigenvalue weighted by Crippen LogP contribution is -2.51. The highest BCUT2D eigenvalue weighted by molar-refractivity contribution is 5.87. The average Bonchev–Trinajstić information content (AvgIpc) is 2.64. The summed E-state index contributed by atoms with van der Waals surface area (Å²) in [7, 11) is 0. The summed E-state index contributed by atoms with van der Waals surface area (Å²) in [5, 5.41) is 11.8. The first-order valence-electron chi connectivity index (χ1n) is 7.29. The highest BCUT2D eigenvalue weighted by Crippen LogP contribution is 2.34. The molecule has 1 atom stereocenters. The minimum Gasteiger partial charge on any atom is -0.480 e. The second-order valence-corrected chi connectivity index (χ2v) is 5.55. The number of rotatable bonds is 6. The van der Waals surface area contributed by atoms with Gasteiger partial charge in [-0.25, -0.2) is 4.79 Å². The fourth-order valence-corrected chi connectivity index (χ4v) is 2.79. The van der Waals surface area contributed by atoms with Crippen molar-refractivity contribution in [1.29, 1.82) is 0 Å². The van der Waals surface area contributed by atoms with E-state index in [0.29, 0.717) is 13.0 Å². The molecular formula is C14H26N2O3. The van der Waals surface area contributed by atoms with Crippen LogP contribution in [0.2, 0.25) is 0 Å². The summed E-state index contributed by atoms with van der Waals surface area (Å²) in [6.07, 6.45) is 6.99. The molecule has 0 spiro atoms. The number of amides is 1. The standard InChI is InChI=1S/C14H26N2O3/c1-2-7-11(12(17)18)16-13(19)14(10-15)8-5-3-4-6-9-14/h11H,2-10,15H2,1H3,(H,16,19)(H,17,18)/t11-/m0/s1. The minimum atomic E-state index is -0.962. The van der Waals surface area contributed by atoms with Gasteiger partial charge in [-0.3, -0.25) is 4.79 Å². The Morgan fingerprint density at radius 2 is 1.84 bits per heavy atom. The van der Waals surface area contributed by atoms with Crippen LogP contribution in [0.4, 0.5) is 0 Å². The van der Waals surface area contributed by atoms with Gasteiger partial charge in [0.25, 0.3) is 0 Å². The van der Waals surface area contributed by atoms with E-state index in [4.69, 9.17) is 10.8 Å². The number of nitrogens with two attached hydrogens (primary N) is 1. The van der Waals surface area contributed by atoms with Crippen molar-refractivity contribution in [3.63, 3.8) is 0 Å². The van der Waals surface area contributed by atoms with Crippen molar-refractivity contribution in [2.45, 2.75) is 64.3 Å². The van der Waals surface area contributed by atoms with Crippen LogP contribution in [0, 0.1) is 5.41 Å². The van der Waals surface area contributed by atoms with Crippen molar-refractivity contribution >= 4 is 11.9 Å². The van der Waals surface area contributed by atoms with Gasteiger partial charge in [0.15, 0.2) is 0 Å². The van der Waals surface area contributed by atoms with E-state index in [-0.39, 0.29) is 5.91 Å². The predicted molar refractivity (Wildman–Crippen MR) is 73.7 cm³/mol. The molecule has 0 aromatic rings. The van der Waals surface area contributed by atoms with E-state index in [0.717, 1.165) is 44.9 Å². The van der Waals surface area contributed by atoms with Gasteiger partial charge >= 0.3 is 5.97 Å². The molecule has 0 unspecified atom stereocenters. The molecule has 0 aromatic heterocycles. The topological polar surface area (TPSA) is 92.4 Å². The molecule has 19 heavy (non-hydrogen) atoms. The zero-order valence-electron chi connectivity index (χ0n) is 11.8. The summed E-state index contributed by atoms with van der Waals surface area (Å²) in [5.74, 6) is -1.13. The summed E-state index contributed by atoms with van der Waals surface area (Å²) < 4.78 is 0. The van der Waals surface area contributed by atoms with Gasteiger partial charge in [-0.15, -0.1) is 0 Å². The number of hydrogen-bond donors (Lipinski definition) is 3. The van der Waals surface area contributed by atoms with Crippen molar-refractivity contribution in [2.75, 3.05) is 6.54 Å². The van der Waals surface area contributed by atoms with Crippen molar-refractivity contribution in [2.24, 2.45) is 11.1 Å². The van der Waals surface area contributed by atoms with E-state index >= 15 is 0 Å². The Bertz CT molecular complexity index is 310. The molecule has 5 nitrogen and oxygen atoms in total. The maximum atomic E-state index is 12.4. The number of carboxylic acid groups (broad SMARTS) is 1. The van der Waals surface area contributed by atoms with E-state index in [1.165, 1.54) is 0 Å². The molecule has 1 fully saturated rings. The fraction of sp³-hybridized carbons (Fsp3) is 0.857. The molecule has 0 aromatic carbocycles. The monoisotopic (exact) mass is 270 g/mol. The quantitative estimate of drug-likeness (QED) is 0.640. The summed E-state index contributed by atoms with van der Waals surface area (Å²) in [6.45, 7) is 2.21. The lowest BCUT2D eigenvalue weighted by molar-refractivity contribution is -0.144. The largest absolute Gasteiger partial charge is 0.480 e. The lowest BCUT2D eigenvalue weighted by atomic mass is 9.79. The third kappa shape index (κ3) is 4.20. The van der Waals surface area contributed by atoms with Crippen LogP contribution in [0.3, 0.4) is 0 Å². The normalized spacial score (nSPS) is 20.3. The van der Waals surface area contributed by atoms with Crippen LogP contribution >= 0.6 is 0 Å². The number of hydrogen-bond acceptors (Lipinski definition) is 3. The van der Waals surface area contributed by atoms with Crippen molar-refractivity contribution in [3.8, 4) is 0 Å². The maximum Gasteiger partial charge on any atom is 0.326 e. The molecule has 0 saturated heterocycles. The SMILES string of the molecule is CCC[C@H](NC(=O)C1(CN)CCCCCC1)C(=O)O. The molecule has 1 amide bonds. The summed E-state index contributed by atoms with van der Waals surface area (Å²) >= 11 is 0.